The molecule has 20 heavy (non-hydrogen) atoms. The van der Waals surface area contributed by atoms with E-state index in [0.29, 0.717) is 5.02 Å². The molecular formula is C16H15ClN2O. The van der Waals surface area contributed by atoms with Crippen LogP contribution in [0.2, 0.25) is 5.02 Å². The van der Waals surface area contributed by atoms with Crippen molar-refractivity contribution in [2.45, 2.75) is 19.4 Å². The van der Waals surface area contributed by atoms with Gasteiger partial charge in [-0.05, 0) is 49.2 Å². The second-order valence-electron chi connectivity index (χ2n) is 4.99. The maximum Gasteiger partial charge on any atom is 0.326 e. The zero-order valence-electron chi connectivity index (χ0n) is 11.1. The van der Waals surface area contributed by atoms with E-state index >= 15 is 0 Å². The molecule has 1 unspecified atom stereocenters. The molecule has 2 amide bonds. The van der Waals surface area contributed by atoms with Gasteiger partial charge in [0.25, 0.3) is 0 Å². The SMILES string of the molecule is CC1Cc2ccccc2N1C(=O)Nc1ccc(Cl)cc1. The number of amides is 2. The van der Waals surface area contributed by atoms with Crippen LogP contribution in [-0.4, -0.2) is 12.1 Å². The molecule has 1 aliphatic heterocycles. The standard InChI is InChI=1S/C16H15ClN2O/c1-11-10-12-4-2-3-5-15(12)19(11)16(20)18-14-8-6-13(17)7-9-14/h2-9,11H,10H2,1H3,(H,18,20). The van der Waals surface area contributed by atoms with Crippen LogP contribution in [0.5, 0.6) is 0 Å². The molecule has 3 rings (SSSR count). The average molecular weight is 287 g/mol. The van der Waals surface area contributed by atoms with Crippen molar-refractivity contribution in [1.29, 1.82) is 0 Å². The monoisotopic (exact) mass is 286 g/mol. The summed E-state index contributed by atoms with van der Waals surface area (Å²) in [6.07, 6.45) is 0.893. The Morgan fingerprint density at radius 3 is 2.65 bits per heavy atom. The molecule has 2 aromatic carbocycles. The van der Waals surface area contributed by atoms with Crippen LogP contribution in [-0.2, 0) is 6.42 Å². The molecule has 0 radical (unpaired) electrons. The van der Waals surface area contributed by atoms with E-state index in [1.807, 2.05) is 23.1 Å². The van der Waals surface area contributed by atoms with Gasteiger partial charge in [-0.15, -0.1) is 0 Å². The normalized spacial score (nSPS) is 16.9. The summed E-state index contributed by atoms with van der Waals surface area (Å²) in [4.78, 5) is 14.3. The van der Waals surface area contributed by atoms with Crippen LogP contribution in [0.25, 0.3) is 0 Å². The van der Waals surface area contributed by atoms with Gasteiger partial charge in [-0.25, -0.2) is 4.79 Å². The van der Waals surface area contributed by atoms with Crippen molar-refractivity contribution in [2.75, 3.05) is 10.2 Å². The van der Waals surface area contributed by atoms with Gasteiger partial charge in [-0.2, -0.15) is 0 Å². The van der Waals surface area contributed by atoms with Crippen LogP contribution in [0.1, 0.15) is 12.5 Å². The highest BCUT2D eigenvalue weighted by molar-refractivity contribution is 6.30. The van der Waals surface area contributed by atoms with E-state index in [1.54, 1.807) is 24.3 Å². The third-order valence-electron chi connectivity index (χ3n) is 3.52. The molecule has 4 heteroatoms. The van der Waals surface area contributed by atoms with Crippen molar-refractivity contribution in [3.8, 4) is 0 Å². The lowest BCUT2D eigenvalue weighted by atomic mass is 10.1. The highest BCUT2D eigenvalue weighted by Gasteiger charge is 2.30. The summed E-state index contributed by atoms with van der Waals surface area (Å²) in [5.74, 6) is 0. The minimum Gasteiger partial charge on any atom is -0.308 e. The zero-order valence-corrected chi connectivity index (χ0v) is 11.9. The largest absolute Gasteiger partial charge is 0.326 e. The van der Waals surface area contributed by atoms with Crippen molar-refractivity contribution in [2.24, 2.45) is 0 Å². The number of benzene rings is 2. The molecule has 0 spiro atoms. The first-order chi connectivity index (χ1) is 9.65. The Hall–Kier alpha value is -2.00. The summed E-state index contributed by atoms with van der Waals surface area (Å²) in [7, 11) is 0. The van der Waals surface area contributed by atoms with E-state index in [4.69, 9.17) is 11.6 Å². The van der Waals surface area contributed by atoms with Gasteiger partial charge in [0.15, 0.2) is 0 Å². The number of carbonyl (C=O) groups excluding carboxylic acids is 1. The predicted molar refractivity (Wildman–Crippen MR) is 82.6 cm³/mol. The first-order valence-electron chi connectivity index (χ1n) is 6.59. The van der Waals surface area contributed by atoms with Crippen molar-refractivity contribution in [3.63, 3.8) is 0 Å². The molecule has 1 heterocycles. The van der Waals surface area contributed by atoms with Crippen molar-refractivity contribution in [1.82, 2.24) is 0 Å². The molecule has 2 aromatic rings. The molecule has 0 saturated heterocycles. The molecule has 0 saturated carbocycles. The van der Waals surface area contributed by atoms with E-state index in [1.165, 1.54) is 5.56 Å². The van der Waals surface area contributed by atoms with E-state index < -0.39 is 0 Å². The lowest BCUT2D eigenvalue weighted by molar-refractivity contribution is 0.256. The number of nitrogens with one attached hydrogen (secondary N) is 1. The maximum absolute atomic E-state index is 12.5. The zero-order chi connectivity index (χ0) is 14.1. The number of carbonyl (C=O) groups is 1. The van der Waals surface area contributed by atoms with Gasteiger partial charge in [-0.1, -0.05) is 29.8 Å². The first-order valence-corrected chi connectivity index (χ1v) is 6.96. The fraction of sp³-hybridized carbons (Fsp3) is 0.188. The summed E-state index contributed by atoms with van der Waals surface area (Å²) in [5.41, 5.74) is 2.95. The average Bonchev–Trinajstić information content (AvgIpc) is 2.77. The Morgan fingerprint density at radius 2 is 1.90 bits per heavy atom. The minimum absolute atomic E-state index is 0.107. The molecule has 1 aliphatic rings. The molecule has 0 fully saturated rings. The van der Waals surface area contributed by atoms with Gasteiger partial charge in [0, 0.05) is 22.4 Å². The number of anilines is 2. The Balaban J connectivity index is 1.82. The first kappa shape index (κ1) is 13.0. The highest BCUT2D eigenvalue weighted by Crippen LogP contribution is 2.32. The third-order valence-corrected chi connectivity index (χ3v) is 3.77. The fourth-order valence-electron chi connectivity index (χ4n) is 2.59. The molecular weight excluding hydrogens is 272 g/mol. The quantitative estimate of drug-likeness (QED) is 0.832. The minimum atomic E-state index is -0.107. The molecule has 0 aromatic heterocycles. The summed E-state index contributed by atoms with van der Waals surface area (Å²) in [6, 6.07) is 15.2. The molecule has 1 atom stereocenters. The highest BCUT2D eigenvalue weighted by atomic mass is 35.5. The smallest absolute Gasteiger partial charge is 0.308 e. The number of halogens is 1. The Morgan fingerprint density at radius 1 is 1.20 bits per heavy atom. The number of fused-ring (bicyclic) bond motifs is 1. The molecule has 0 aliphatic carbocycles. The summed E-state index contributed by atoms with van der Waals surface area (Å²) in [5, 5.41) is 3.57. The van der Waals surface area contributed by atoms with E-state index in [9.17, 15) is 4.79 Å². The van der Waals surface area contributed by atoms with Crippen molar-refractivity contribution in [3.05, 3.63) is 59.1 Å². The number of nitrogens with zero attached hydrogens (tertiary/aromatic N) is 1. The van der Waals surface area contributed by atoms with Gasteiger partial charge in [0.2, 0.25) is 0 Å². The molecule has 1 N–H and O–H groups in total. The molecule has 0 bridgehead atoms. The number of para-hydroxylation sites is 1. The van der Waals surface area contributed by atoms with Crippen LogP contribution in [0.3, 0.4) is 0 Å². The van der Waals surface area contributed by atoms with E-state index in [-0.39, 0.29) is 12.1 Å². The summed E-state index contributed by atoms with van der Waals surface area (Å²) < 4.78 is 0. The summed E-state index contributed by atoms with van der Waals surface area (Å²) >= 11 is 5.84. The van der Waals surface area contributed by atoms with Crippen LogP contribution < -0.4 is 10.2 Å². The molecule has 102 valence electrons. The van der Waals surface area contributed by atoms with Gasteiger partial charge in [-0.3, -0.25) is 4.90 Å². The van der Waals surface area contributed by atoms with Crippen molar-refractivity contribution < 1.29 is 4.79 Å². The van der Waals surface area contributed by atoms with Gasteiger partial charge in [0.05, 0.1) is 0 Å². The van der Waals surface area contributed by atoms with Crippen LogP contribution in [0, 0.1) is 0 Å². The van der Waals surface area contributed by atoms with E-state index in [2.05, 4.69) is 18.3 Å². The molecule has 3 nitrogen and oxygen atoms in total. The lowest BCUT2D eigenvalue weighted by Gasteiger charge is -2.23. The van der Waals surface area contributed by atoms with Crippen LogP contribution >= 0.6 is 11.6 Å². The number of rotatable bonds is 1. The van der Waals surface area contributed by atoms with Crippen LogP contribution in [0.15, 0.2) is 48.5 Å². The Bertz CT molecular complexity index is 639. The van der Waals surface area contributed by atoms with Gasteiger partial charge in [0.1, 0.15) is 0 Å². The van der Waals surface area contributed by atoms with Gasteiger partial charge >= 0.3 is 6.03 Å². The Kier molecular flexibility index (Phi) is 3.36. The fourth-order valence-corrected chi connectivity index (χ4v) is 2.72. The second-order valence-corrected chi connectivity index (χ2v) is 5.43. The number of hydrogen-bond donors (Lipinski definition) is 1. The maximum atomic E-state index is 12.5. The van der Waals surface area contributed by atoms with E-state index in [0.717, 1.165) is 17.8 Å². The predicted octanol–water partition coefficient (Wildman–Crippen LogP) is 4.32. The number of urea groups is 1. The number of hydrogen-bond acceptors (Lipinski definition) is 1. The Labute approximate surface area is 123 Å². The third kappa shape index (κ3) is 2.37. The second kappa shape index (κ2) is 5.17. The topological polar surface area (TPSA) is 32.3 Å². The lowest BCUT2D eigenvalue weighted by Crippen LogP contribution is -2.39. The van der Waals surface area contributed by atoms with Crippen molar-refractivity contribution >= 4 is 29.0 Å². The van der Waals surface area contributed by atoms with Gasteiger partial charge < -0.3 is 5.32 Å². The van der Waals surface area contributed by atoms with Crippen LogP contribution in [0.4, 0.5) is 16.2 Å². The summed E-state index contributed by atoms with van der Waals surface area (Å²) in [6.45, 7) is 2.06.